The number of carbonyl (C=O) groups excluding carboxylic acids is 1. The van der Waals surface area contributed by atoms with E-state index in [0.29, 0.717) is 42.2 Å². The average molecular weight is 602 g/mol. The van der Waals surface area contributed by atoms with Crippen LogP contribution in [0.3, 0.4) is 0 Å². The number of hydrogen-bond acceptors (Lipinski definition) is 6. The summed E-state index contributed by atoms with van der Waals surface area (Å²) in [6.07, 6.45) is 2.91. The Morgan fingerprint density at radius 2 is 1.86 bits per heavy atom. The topological polar surface area (TPSA) is 118 Å². The van der Waals surface area contributed by atoms with Gasteiger partial charge in [0, 0.05) is 55.4 Å². The van der Waals surface area contributed by atoms with Crippen molar-refractivity contribution in [3.05, 3.63) is 100 Å². The summed E-state index contributed by atoms with van der Waals surface area (Å²) in [6.45, 7) is 3.10. The number of pyridine rings is 2. The van der Waals surface area contributed by atoms with Crippen LogP contribution in [-0.4, -0.2) is 62.8 Å². The number of hydrogen-bond donors (Lipinski definition) is 2. The predicted octanol–water partition coefficient (Wildman–Crippen LogP) is 3.78. The summed E-state index contributed by atoms with van der Waals surface area (Å²) in [7, 11) is 1.69. The zero-order valence-electron chi connectivity index (χ0n) is 24.0. The van der Waals surface area contributed by atoms with Crippen LogP contribution in [0.15, 0.2) is 71.8 Å². The Balaban J connectivity index is 1.29. The van der Waals surface area contributed by atoms with Gasteiger partial charge in [0.05, 0.1) is 24.3 Å². The molecule has 0 aliphatic carbocycles. The maximum Gasteiger partial charge on any atom is 0.326 e. The maximum atomic E-state index is 15.1. The van der Waals surface area contributed by atoms with E-state index in [2.05, 4.69) is 10.3 Å². The molecule has 5 aromatic rings. The van der Waals surface area contributed by atoms with Crippen LogP contribution in [0, 0.1) is 11.6 Å². The molecule has 0 bridgehead atoms. The van der Waals surface area contributed by atoms with E-state index >= 15 is 8.78 Å². The van der Waals surface area contributed by atoms with Crippen molar-refractivity contribution < 1.29 is 28.2 Å². The van der Waals surface area contributed by atoms with Crippen LogP contribution in [-0.2, 0) is 23.0 Å². The second-order valence-electron chi connectivity index (χ2n) is 10.8. The molecule has 1 amide bonds. The number of anilines is 1. The molecule has 44 heavy (non-hydrogen) atoms. The number of carboxylic acid groups (broad SMARTS) is 1. The number of imidazole rings is 1. The first-order chi connectivity index (χ1) is 21.1. The molecule has 1 saturated heterocycles. The molecule has 0 spiro atoms. The first-order valence-electron chi connectivity index (χ1n) is 14.0. The molecule has 0 saturated carbocycles. The number of ether oxygens (including phenoxy) is 1. The minimum Gasteiger partial charge on any atom is -0.480 e. The fraction of sp³-hybridized carbons (Fsp3) is 0.250. The minimum atomic E-state index is -1.52. The number of aryl methyl sites for hydroxylation is 1. The largest absolute Gasteiger partial charge is 0.480 e. The Bertz CT molecular complexity index is 1960. The second kappa shape index (κ2) is 11.5. The summed E-state index contributed by atoms with van der Waals surface area (Å²) in [5.74, 6) is -4.77. The number of carboxylic acids is 1. The third-order valence-corrected chi connectivity index (χ3v) is 8.03. The third-order valence-electron chi connectivity index (χ3n) is 8.03. The van der Waals surface area contributed by atoms with Crippen LogP contribution in [0.25, 0.3) is 27.7 Å². The number of amides is 1. The van der Waals surface area contributed by atoms with Crippen molar-refractivity contribution in [1.82, 2.24) is 19.3 Å². The SMILES string of the molecule is C[C@@H]1COCCN1c1cc(F)c(C(=O)N[C@@H](Cc2ccc(-c3cc4ccccc4n(C)c3=O)c3nccn23)C(=O)O)c(F)c1. The van der Waals surface area contributed by atoms with Gasteiger partial charge in [-0.05, 0) is 48.7 Å². The van der Waals surface area contributed by atoms with Crippen molar-refractivity contribution in [3.63, 3.8) is 0 Å². The van der Waals surface area contributed by atoms with Gasteiger partial charge in [0.2, 0.25) is 0 Å². The summed E-state index contributed by atoms with van der Waals surface area (Å²) in [6, 6.07) is 13.1. The molecule has 2 N–H and O–H groups in total. The Morgan fingerprint density at radius 1 is 1.11 bits per heavy atom. The van der Waals surface area contributed by atoms with Gasteiger partial charge in [-0.15, -0.1) is 0 Å². The van der Waals surface area contributed by atoms with Gasteiger partial charge >= 0.3 is 5.97 Å². The third kappa shape index (κ3) is 5.17. The van der Waals surface area contributed by atoms with E-state index in [4.69, 9.17) is 4.74 Å². The van der Waals surface area contributed by atoms with Crippen molar-refractivity contribution in [2.75, 3.05) is 24.7 Å². The van der Waals surface area contributed by atoms with E-state index in [0.717, 1.165) is 23.0 Å². The van der Waals surface area contributed by atoms with E-state index in [1.165, 1.54) is 6.20 Å². The van der Waals surface area contributed by atoms with Gasteiger partial charge in [0.15, 0.2) is 0 Å². The molecule has 1 fully saturated rings. The van der Waals surface area contributed by atoms with Crippen molar-refractivity contribution in [2.45, 2.75) is 25.4 Å². The fourth-order valence-corrected chi connectivity index (χ4v) is 5.75. The van der Waals surface area contributed by atoms with Crippen molar-refractivity contribution in [3.8, 4) is 11.1 Å². The number of aliphatic carboxylic acids is 1. The van der Waals surface area contributed by atoms with Gasteiger partial charge in [-0.25, -0.2) is 18.6 Å². The lowest BCUT2D eigenvalue weighted by Crippen LogP contribution is -2.44. The van der Waals surface area contributed by atoms with Gasteiger partial charge in [-0.2, -0.15) is 0 Å². The summed E-state index contributed by atoms with van der Waals surface area (Å²) in [5.41, 5.74) is 1.77. The normalized spacial score (nSPS) is 15.9. The number of aromatic nitrogens is 3. The van der Waals surface area contributed by atoms with Gasteiger partial charge in [0.1, 0.15) is 28.9 Å². The summed E-state index contributed by atoms with van der Waals surface area (Å²) >= 11 is 0. The van der Waals surface area contributed by atoms with E-state index in [9.17, 15) is 19.5 Å². The highest BCUT2D eigenvalue weighted by Gasteiger charge is 2.28. The number of nitrogens with zero attached hydrogens (tertiary/aromatic N) is 4. The van der Waals surface area contributed by atoms with Gasteiger partial charge < -0.3 is 29.0 Å². The number of rotatable bonds is 7. The van der Waals surface area contributed by atoms with Crippen LogP contribution >= 0.6 is 0 Å². The van der Waals surface area contributed by atoms with E-state index < -0.39 is 35.1 Å². The van der Waals surface area contributed by atoms with E-state index in [-0.39, 0.29) is 23.7 Å². The lowest BCUT2D eigenvalue weighted by molar-refractivity contribution is -0.139. The fourth-order valence-electron chi connectivity index (χ4n) is 5.75. The number of halogens is 2. The maximum absolute atomic E-state index is 15.1. The second-order valence-corrected chi connectivity index (χ2v) is 10.8. The molecule has 12 heteroatoms. The molecule has 10 nitrogen and oxygen atoms in total. The highest BCUT2D eigenvalue weighted by atomic mass is 19.1. The van der Waals surface area contributed by atoms with Crippen LogP contribution < -0.4 is 15.8 Å². The monoisotopic (exact) mass is 601 g/mol. The molecule has 4 heterocycles. The van der Waals surface area contributed by atoms with Crippen LogP contribution in [0.4, 0.5) is 14.5 Å². The zero-order chi connectivity index (χ0) is 31.1. The molecular formula is C32H29F2N5O5. The van der Waals surface area contributed by atoms with Crippen molar-refractivity contribution in [1.29, 1.82) is 0 Å². The Morgan fingerprint density at radius 3 is 2.59 bits per heavy atom. The number of benzene rings is 2. The first kappa shape index (κ1) is 29.0. The van der Waals surface area contributed by atoms with Crippen molar-refractivity contribution in [2.24, 2.45) is 7.05 Å². The Hall–Kier alpha value is -5.10. The molecule has 0 radical (unpaired) electrons. The van der Waals surface area contributed by atoms with Crippen molar-refractivity contribution >= 4 is 34.1 Å². The van der Waals surface area contributed by atoms with E-state index in [1.54, 1.807) is 45.3 Å². The standard InChI is InChI=1S/C32H29F2N5O5/c1-18-17-44-12-11-38(18)21-14-24(33)28(25(34)15-21)30(40)36-26(32(42)43)16-20-7-8-22(29-35-9-10-39(20)29)23-13-19-5-3-4-6-27(19)37(2)31(23)41/h3-10,13-15,18,26H,11-12,16-17H2,1-2H3,(H,36,40)(H,42,43)/t18-,26+/m1/s1. The quantitative estimate of drug-likeness (QED) is 0.292. The summed E-state index contributed by atoms with van der Waals surface area (Å²) in [4.78, 5) is 44.7. The van der Waals surface area contributed by atoms with Gasteiger partial charge in [-0.3, -0.25) is 9.59 Å². The summed E-state index contributed by atoms with van der Waals surface area (Å²) in [5, 5.41) is 13.1. The highest BCUT2D eigenvalue weighted by Crippen LogP contribution is 2.27. The number of carbonyl (C=O) groups is 2. The molecular weight excluding hydrogens is 572 g/mol. The number of para-hydroxylation sites is 1. The lowest BCUT2D eigenvalue weighted by Gasteiger charge is -2.35. The number of morpholine rings is 1. The van der Waals surface area contributed by atoms with Gasteiger partial charge in [0.25, 0.3) is 11.5 Å². The van der Waals surface area contributed by atoms with Crippen LogP contribution in [0.1, 0.15) is 23.0 Å². The highest BCUT2D eigenvalue weighted by molar-refractivity contribution is 5.97. The molecule has 3 aromatic heterocycles. The molecule has 1 aliphatic heterocycles. The Labute approximate surface area is 250 Å². The summed E-state index contributed by atoms with van der Waals surface area (Å²) < 4.78 is 38.8. The lowest BCUT2D eigenvalue weighted by atomic mass is 10.0. The first-order valence-corrected chi connectivity index (χ1v) is 14.0. The minimum absolute atomic E-state index is 0.116. The zero-order valence-corrected chi connectivity index (χ0v) is 24.0. The van der Waals surface area contributed by atoms with E-state index in [1.807, 2.05) is 31.2 Å². The molecule has 1 aliphatic rings. The average Bonchev–Trinajstić information content (AvgIpc) is 3.49. The van der Waals surface area contributed by atoms with Crippen LogP contribution in [0.2, 0.25) is 0 Å². The van der Waals surface area contributed by atoms with Crippen LogP contribution in [0.5, 0.6) is 0 Å². The predicted molar refractivity (Wildman–Crippen MR) is 160 cm³/mol. The molecule has 6 rings (SSSR count). The van der Waals surface area contributed by atoms with Gasteiger partial charge in [-0.1, -0.05) is 18.2 Å². The smallest absolute Gasteiger partial charge is 0.326 e. The molecule has 2 atom stereocenters. The number of nitrogens with one attached hydrogen (secondary N) is 1. The molecule has 0 unspecified atom stereocenters. The molecule has 2 aromatic carbocycles. The number of fused-ring (bicyclic) bond motifs is 2. The Kier molecular flexibility index (Phi) is 7.60. The molecule has 226 valence electrons.